The molecule has 0 aliphatic carbocycles. The topological polar surface area (TPSA) is 105 Å². The quantitative estimate of drug-likeness (QED) is 0.598. The minimum atomic E-state index is -3.73. The Hall–Kier alpha value is -2.75. The minimum Gasteiger partial charge on any atom is -0.339 e. The number of piperidine rings is 1. The van der Waals surface area contributed by atoms with Crippen LogP contribution in [0.25, 0.3) is 11.4 Å². The highest BCUT2D eigenvalue weighted by atomic mass is 35.5. The lowest BCUT2D eigenvalue weighted by Crippen LogP contribution is -2.41. The van der Waals surface area contributed by atoms with Gasteiger partial charge in [0.25, 0.3) is 0 Å². The lowest BCUT2D eigenvalue weighted by atomic mass is 9.97. The number of aryl methyl sites for hydroxylation is 2. The molecule has 1 fully saturated rings. The van der Waals surface area contributed by atoms with Gasteiger partial charge < -0.3 is 9.84 Å². The van der Waals surface area contributed by atoms with Crippen molar-refractivity contribution in [1.29, 1.82) is 0 Å². The number of amides is 1. The highest BCUT2D eigenvalue weighted by Crippen LogP contribution is 2.29. The molecule has 168 valence electrons. The van der Waals surface area contributed by atoms with Gasteiger partial charge in [0.1, 0.15) is 0 Å². The third-order valence-corrected chi connectivity index (χ3v) is 7.78. The molecule has 1 saturated heterocycles. The second-order valence-corrected chi connectivity index (χ2v) is 10.1. The van der Waals surface area contributed by atoms with E-state index >= 15 is 0 Å². The molecule has 2 aromatic carbocycles. The van der Waals surface area contributed by atoms with E-state index in [-0.39, 0.29) is 29.8 Å². The summed E-state index contributed by atoms with van der Waals surface area (Å²) in [6.45, 7) is 3.96. The molecule has 0 radical (unpaired) electrons. The number of carbonyl (C=O) groups is 1. The zero-order valence-electron chi connectivity index (χ0n) is 17.7. The molecule has 1 amide bonds. The second-order valence-electron chi connectivity index (χ2n) is 7.80. The van der Waals surface area contributed by atoms with Crippen LogP contribution in [0.15, 0.2) is 51.9 Å². The van der Waals surface area contributed by atoms with E-state index in [1.54, 1.807) is 56.3 Å². The van der Waals surface area contributed by atoms with Gasteiger partial charge in [0.15, 0.2) is 0 Å². The summed E-state index contributed by atoms with van der Waals surface area (Å²) < 4.78 is 33.1. The van der Waals surface area contributed by atoms with Crippen LogP contribution in [-0.4, -0.2) is 41.9 Å². The van der Waals surface area contributed by atoms with Crippen molar-refractivity contribution < 1.29 is 17.7 Å². The molecular formula is C22H23ClN4O4S. The molecule has 8 nitrogen and oxygen atoms in total. The molecule has 0 spiro atoms. The van der Waals surface area contributed by atoms with Gasteiger partial charge in [0.05, 0.1) is 4.90 Å². The summed E-state index contributed by atoms with van der Waals surface area (Å²) in [6, 6.07) is 12.0. The number of aromatic nitrogens is 2. The SMILES string of the molecule is Cc1nc(-c2ccc(C)c(S(=O)(=O)N3CCC(C(=O)Nc4cccc(Cl)c4)CC3)c2)no1. The number of nitrogens with zero attached hydrogens (tertiary/aromatic N) is 3. The van der Waals surface area contributed by atoms with E-state index in [2.05, 4.69) is 15.5 Å². The number of halogens is 1. The number of sulfonamides is 1. The number of nitrogens with one attached hydrogen (secondary N) is 1. The monoisotopic (exact) mass is 474 g/mol. The standard InChI is InChI=1S/C22H23ClN4O4S/c1-14-6-7-17(21-24-15(2)31-26-21)12-20(14)32(29,30)27-10-8-16(9-11-27)22(28)25-19-5-3-4-18(23)13-19/h3-7,12-13,16H,8-11H2,1-2H3,(H,25,28). The van der Waals surface area contributed by atoms with Gasteiger partial charge in [-0.2, -0.15) is 9.29 Å². The van der Waals surface area contributed by atoms with Crippen LogP contribution in [0.1, 0.15) is 24.3 Å². The average Bonchev–Trinajstić information content (AvgIpc) is 3.20. The van der Waals surface area contributed by atoms with E-state index in [4.69, 9.17) is 16.1 Å². The number of hydrogen-bond acceptors (Lipinski definition) is 6. The van der Waals surface area contributed by atoms with Crippen LogP contribution in [0, 0.1) is 19.8 Å². The Bertz CT molecular complexity index is 1250. The lowest BCUT2D eigenvalue weighted by molar-refractivity contribution is -0.120. The fraction of sp³-hybridized carbons (Fsp3) is 0.318. The fourth-order valence-corrected chi connectivity index (χ4v) is 5.65. The molecule has 4 rings (SSSR count). The van der Waals surface area contributed by atoms with Crippen molar-refractivity contribution in [2.75, 3.05) is 18.4 Å². The number of anilines is 1. The Morgan fingerprint density at radius 3 is 2.56 bits per heavy atom. The molecule has 0 bridgehead atoms. The third-order valence-electron chi connectivity index (χ3n) is 5.51. The molecule has 1 aliphatic heterocycles. The van der Waals surface area contributed by atoms with Gasteiger partial charge in [-0.15, -0.1) is 0 Å². The molecular weight excluding hydrogens is 452 g/mol. The van der Waals surface area contributed by atoms with Crippen molar-refractivity contribution in [3.05, 3.63) is 58.9 Å². The van der Waals surface area contributed by atoms with Crippen LogP contribution in [0.3, 0.4) is 0 Å². The number of carbonyl (C=O) groups excluding carboxylic acids is 1. The lowest BCUT2D eigenvalue weighted by Gasteiger charge is -2.31. The van der Waals surface area contributed by atoms with E-state index in [0.717, 1.165) is 0 Å². The summed E-state index contributed by atoms with van der Waals surface area (Å²) in [7, 11) is -3.73. The van der Waals surface area contributed by atoms with Gasteiger partial charge in [-0.05, 0) is 49.6 Å². The van der Waals surface area contributed by atoms with E-state index in [1.807, 2.05) is 0 Å². The molecule has 0 atom stereocenters. The molecule has 10 heteroatoms. The zero-order valence-corrected chi connectivity index (χ0v) is 19.3. The fourth-order valence-electron chi connectivity index (χ4n) is 3.74. The normalized spacial score (nSPS) is 15.6. The number of hydrogen-bond donors (Lipinski definition) is 1. The van der Waals surface area contributed by atoms with Crippen molar-refractivity contribution in [1.82, 2.24) is 14.4 Å². The van der Waals surface area contributed by atoms with Gasteiger partial charge in [0.2, 0.25) is 27.6 Å². The van der Waals surface area contributed by atoms with Gasteiger partial charge in [-0.25, -0.2) is 8.42 Å². The first-order valence-electron chi connectivity index (χ1n) is 10.2. The first-order valence-corrected chi connectivity index (χ1v) is 12.0. The van der Waals surface area contributed by atoms with E-state index in [0.29, 0.717) is 46.4 Å². The molecule has 0 unspecified atom stereocenters. The Morgan fingerprint density at radius 1 is 1.16 bits per heavy atom. The Labute approximate surface area is 191 Å². The molecule has 1 N–H and O–H groups in total. The van der Waals surface area contributed by atoms with Crippen LogP contribution in [-0.2, 0) is 14.8 Å². The number of benzene rings is 2. The van der Waals surface area contributed by atoms with Crippen LogP contribution in [0.4, 0.5) is 5.69 Å². The zero-order chi connectivity index (χ0) is 22.9. The molecule has 1 aliphatic rings. The first kappa shape index (κ1) is 22.4. The Balaban J connectivity index is 1.46. The summed E-state index contributed by atoms with van der Waals surface area (Å²) in [6.07, 6.45) is 0.878. The van der Waals surface area contributed by atoms with Crippen LogP contribution >= 0.6 is 11.6 Å². The number of rotatable bonds is 5. The van der Waals surface area contributed by atoms with Crippen molar-refractivity contribution >= 4 is 33.2 Å². The average molecular weight is 475 g/mol. The maximum atomic E-state index is 13.3. The maximum absolute atomic E-state index is 13.3. The van der Waals surface area contributed by atoms with E-state index in [1.165, 1.54) is 4.31 Å². The predicted molar refractivity (Wildman–Crippen MR) is 121 cm³/mol. The smallest absolute Gasteiger partial charge is 0.243 e. The minimum absolute atomic E-state index is 0.130. The van der Waals surface area contributed by atoms with Gasteiger partial charge >= 0.3 is 0 Å². The summed E-state index contributed by atoms with van der Waals surface area (Å²) in [5.74, 6) is 0.351. The van der Waals surface area contributed by atoms with Crippen LogP contribution < -0.4 is 5.32 Å². The van der Waals surface area contributed by atoms with Crippen molar-refractivity contribution in [3.63, 3.8) is 0 Å². The van der Waals surface area contributed by atoms with Crippen LogP contribution in [0.2, 0.25) is 5.02 Å². The highest BCUT2D eigenvalue weighted by molar-refractivity contribution is 7.89. The largest absolute Gasteiger partial charge is 0.339 e. The van der Waals surface area contributed by atoms with Crippen LogP contribution in [0.5, 0.6) is 0 Å². The van der Waals surface area contributed by atoms with Crippen molar-refractivity contribution in [3.8, 4) is 11.4 Å². The maximum Gasteiger partial charge on any atom is 0.243 e. The van der Waals surface area contributed by atoms with Gasteiger partial charge in [0, 0.05) is 42.2 Å². The third kappa shape index (κ3) is 4.69. The molecule has 3 aromatic rings. The summed E-state index contributed by atoms with van der Waals surface area (Å²) in [4.78, 5) is 17.0. The molecule has 1 aromatic heterocycles. The molecule has 0 saturated carbocycles. The second kappa shape index (κ2) is 9.01. The van der Waals surface area contributed by atoms with Gasteiger partial charge in [-0.3, -0.25) is 4.79 Å². The molecule has 2 heterocycles. The summed E-state index contributed by atoms with van der Waals surface area (Å²) >= 11 is 5.97. The van der Waals surface area contributed by atoms with Gasteiger partial charge in [-0.1, -0.05) is 35.0 Å². The summed E-state index contributed by atoms with van der Waals surface area (Å²) in [5.41, 5.74) is 1.83. The molecule has 32 heavy (non-hydrogen) atoms. The van der Waals surface area contributed by atoms with Crippen molar-refractivity contribution in [2.24, 2.45) is 5.92 Å². The van der Waals surface area contributed by atoms with E-state index in [9.17, 15) is 13.2 Å². The van der Waals surface area contributed by atoms with Crippen molar-refractivity contribution in [2.45, 2.75) is 31.6 Å². The van der Waals surface area contributed by atoms with E-state index < -0.39 is 10.0 Å². The summed E-state index contributed by atoms with van der Waals surface area (Å²) in [5, 5.41) is 7.27. The Kier molecular flexibility index (Phi) is 6.32. The Morgan fingerprint density at radius 2 is 1.91 bits per heavy atom. The highest BCUT2D eigenvalue weighted by Gasteiger charge is 2.33. The first-order chi connectivity index (χ1) is 15.2. The predicted octanol–water partition coefficient (Wildman–Crippen LogP) is 4.05.